The lowest BCUT2D eigenvalue weighted by atomic mass is 9.66. The average molecular weight is 286 g/mol. The minimum atomic E-state index is 0.168. The second kappa shape index (κ2) is 5.64. The van der Waals surface area contributed by atoms with Gasteiger partial charge in [0.05, 0.1) is 5.54 Å². The van der Waals surface area contributed by atoms with E-state index in [4.69, 9.17) is 5.73 Å². The third-order valence-electron chi connectivity index (χ3n) is 6.39. The van der Waals surface area contributed by atoms with Crippen molar-refractivity contribution < 1.29 is 0 Å². The van der Waals surface area contributed by atoms with Crippen LogP contribution in [0.2, 0.25) is 0 Å². The molecule has 0 saturated heterocycles. The van der Waals surface area contributed by atoms with E-state index in [1.54, 1.807) is 0 Å². The Balaban J connectivity index is 1.78. The number of likely N-dealkylation sites (N-methyl/N-ethyl adjacent to an activating group) is 1. The fraction of sp³-hybridized carbons (Fsp3) is 0.684. The van der Waals surface area contributed by atoms with Crippen LogP contribution >= 0.6 is 0 Å². The van der Waals surface area contributed by atoms with Gasteiger partial charge in [-0.3, -0.25) is 0 Å². The molecule has 2 aliphatic carbocycles. The van der Waals surface area contributed by atoms with Crippen molar-refractivity contribution in [2.75, 3.05) is 18.5 Å². The zero-order valence-electron chi connectivity index (χ0n) is 13.7. The number of nitrogens with two attached hydrogens (primary N) is 1. The molecule has 2 saturated carbocycles. The van der Waals surface area contributed by atoms with Gasteiger partial charge in [-0.1, -0.05) is 25.0 Å². The standard InChI is InChI=1S/C19H30N2/c1-16-6-5-7-17(14-16)21(2)19(15-20)12-10-18(11-13-19)8-3-4-9-18/h5-7,14H,3-4,8-13,15,20H2,1-2H3. The second-order valence-electron chi connectivity index (χ2n) is 7.53. The van der Waals surface area contributed by atoms with E-state index in [1.165, 1.54) is 62.6 Å². The fourth-order valence-corrected chi connectivity index (χ4v) is 4.66. The Labute approximate surface area is 129 Å². The van der Waals surface area contributed by atoms with E-state index in [1.807, 2.05) is 0 Å². The normalized spacial score (nSPS) is 23.4. The van der Waals surface area contributed by atoms with E-state index in [0.717, 1.165) is 6.54 Å². The quantitative estimate of drug-likeness (QED) is 0.899. The monoisotopic (exact) mass is 286 g/mol. The van der Waals surface area contributed by atoms with Crippen molar-refractivity contribution in [3.05, 3.63) is 29.8 Å². The van der Waals surface area contributed by atoms with E-state index in [2.05, 4.69) is 43.1 Å². The first-order chi connectivity index (χ1) is 10.1. The number of rotatable bonds is 3. The van der Waals surface area contributed by atoms with Crippen molar-refractivity contribution in [2.45, 2.75) is 63.8 Å². The summed E-state index contributed by atoms with van der Waals surface area (Å²) in [7, 11) is 2.24. The minimum absolute atomic E-state index is 0.168. The molecule has 0 unspecified atom stereocenters. The second-order valence-corrected chi connectivity index (χ2v) is 7.53. The SMILES string of the molecule is Cc1cccc(N(C)C2(CN)CCC3(CCCC3)CC2)c1. The number of nitrogens with zero attached hydrogens (tertiary/aromatic N) is 1. The maximum absolute atomic E-state index is 6.26. The molecule has 0 atom stereocenters. The molecule has 2 heteroatoms. The lowest BCUT2D eigenvalue weighted by molar-refractivity contribution is 0.135. The Morgan fingerprint density at radius 1 is 1.05 bits per heavy atom. The summed E-state index contributed by atoms with van der Waals surface area (Å²) in [5.74, 6) is 0. The van der Waals surface area contributed by atoms with Crippen LogP contribution in [0.4, 0.5) is 5.69 Å². The highest BCUT2D eigenvalue weighted by atomic mass is 15.2. The molecule has 2 aliphatic rings. The summed E-state index contributed by atoms with van der Waals surface area (Å²) in [6.45, 7) is 2.94. The highest BCUT2D eigenvalue weighted by Gasteiger charge is 2.45. The Morgan fingerprint density at radius 2 is 1.71 bits per heavy atom. The van der Waals surface area contributed by atoms with E-state index in [-0.39, 0.29) is 5.54 Å². The molecule has 1 aromatic carbocycles. The molecule has 21 heavy (non-hydrogen) atoms. The van der Waals surface area contributed by atoms with Gasteiger partial charge in [0.15, 0.2) is 0 Å². The summed E-state index contributed by atoms with van der Waals surface area (Å²) >= 11 is 0. The summed E-state index contributed by atoms with van der Waals surface area (Å²) in [6.07, 6.45) is 11.1. The van der Waals surface area contributed by atoms with Gasteiger partial charge in [-0.05, 0) is 68.6 Å². The predicted octanol–water partition coefficient (Wildman–Crippen LogP) is 4.26. The van der Waals surface area contributed by atoms with Crippen molar-refractivity contribution in [3.63, 3.8) is 0 Å². The van der Waals surface area contributed by atoms with Gasteiger partial charge in [0, 0.05) is 19.3 Å². The highest BCUT2D eigenvalue weighted by molar-refractivity contribution is 5.50. The van der Waals surface area contributed by atoms with E-state index in [0.29, 0.717) is 5.41 Å². The summed E-state index contributed by atoms with van der Waals surface area (Å²) in [5.41, 5.74) is 9.75. The Bertz CT molecular complexity index is 478. The van der Waals surface area contributed by atoms with Crippen molar-refractivity contribution in [1.29, 1.82) is 0 Å². The third-order valence-corrected chi connectivity index (χ3v) is 6.39. The van der Waals surface area contributed by atoms with Gasteiger partial charge in [-0.2, -0.15) is 0 Å². The molecule has 0 aromatic heterocycles. The first-order valence-corrected chi connectivity index (χ1v) is 8.60. The summed E-state index contributed by atoms with van der Waals surface area (Å²) in [4.78, 5) is 2.47. The smallest absolute Gasteiger partial charge is 0.0521 e. The molecule has 1 spiro atoms. The van der Waals surface area contributed by atoms with E-state index in [9.17, 15) is 0 Å². The zero-order valence-corrected chi connectivity index (χ0v) is 13.7. The third kappa shape index (κ3) is 2.70. The van der Waals surface area contributed by atoms with Gasteiger partial charge >= 0.3 is 0 Å². The first kappa shape index (κ1) is 14.9. The zero-order chi connectivity index (χ0) is 14.9. The Kier molecular flexibility index (Phi) is 4.00. The molecular weight excluding hydrogens is 256 g/mol. The van der Waals surface area contributed by atoms with Crippen LogP contribution in [0, 0.1) is 12.3 Å². The molecule has 0 radical (unpaired) electrons. The van der Waals surface area contributed by atoms with Crippen LogP contribution in [0.3, 0.4) is 0 Å². The van der Waals surface area contributed by atoms with Gasteiger partial charge in [0.2, 0.25) is 0 Å². The van der Waals surface area contributed by atoms with Gasteiger partial charge in [-0.25, -0.2) is 0 Å². The van der Waals surface area contributed by atoms with Crippen LogP contribution in [0.1, 0.15) is 56.9 Å². The molecule has 0 heterocycles. The maximum atomic E-state index is 6.26. The molecule has 0 bridgehead atoms. The Hall–Kier alpha value is -1.02. The summed E-state index contributed by atoms with van der Waals surface area (Å²) in [6, 6.07) is 8.84. The van der Waals surface area contributed by atoms with Crippen LogP contribution in [0.15, 0.2) is 24.3 Å². The largest absolute Gasteiger partial charge is 0.368 e. The van der Waals surface area contributed by atoms with Crippen molar-refractivity contribution in [1.82, 2.24) is 0 Å². The molecule has 2 N–H and O–H groups in total. The lowest BCUT2D eigenvalue weighted by Gasteiger charge is -2.50. The Morgan fingerprint density at radius 3 is 2.29 bits per heavy atom. The maximum Gasteiger partial charge on any atom is 0.0521 e. The van der Waals surface area contributed by atoms with Gasteiger partial charge < -0.3 is 10.6 Å². The van der Waals surface area contributed by atoms with Crippen molar-refractivity contribution in [3.8, 4) is 0 Å². The van der Waals surface area contributed by atoms with Gasteiger partial charge in [0.1, 0.15) is 0 Å². The topological polar surface area (TPSA) is 29.3 Å². The number of hydrogen-bond donors (Lipinski definition) is 1. The number of aryl methyl sites for hydroxylation is 1. The number of benzene rings is 1. The van der Waals surface area contributed by atoms with E-state index >= 15 is 0 Å². The molecule has 0 amide bonds. The molecule has 3 rings (SSSR count). The van der Waals surface area contributed by atoms with Crippen LogP contribution in [-0.4, -0.2) is 19.1 Å². The summed E-state index contributed by atoms with van der Waals surface area (Å²) < 4.78 is 0. The predicted molar refractivity (Wildman–Crippen MR) is 90.7 cm³/mol. The summed E-state index contributed by atoms with van der Waals surface area (Å²) in [5, 5.41) is 0. The average Bonchev–Trinajstić information content (AvgIpc) is 2.96. The fourth-order valence-electron chi connectivity index (χ4n) is 4.66. The van der Waals surface area contributed by atoms with Gasteiger partial charge in [-0.15, -0.1) is 0 Å². The molecule has 1 aromatic rings. The van der Waals surface area contributed by atoms with Crippen LogP contribution in [-0.2, 0) is 0 Å². The number of anilines is 1. The van der Waals surface area contributed by atoms with Crippen LogP contribution in [0.5, 0.6) is 0 Å². The minimum Gasteiger partial charge on any atom is -0.368 e. The molecule has 2 nitrogen and oxygen atoms in total. The van der Waals surface area contributed by atoms with Gasteiger partial charge in [0.25, 0.3) is 0 Å². The van der Waals surface area contributed by atoms with Crippen LogP contribution < -0.4 is 10.6 Å². The molecule has 2 fully saturated rings. The molecular formula is C19H30N2. The highest BCUT2D eigenvalue weighted by Crippen LogP contribution is 2.52. The van der Waals surface area contributed by atoms with Crippen molar-refractivity contribution in [2.24, 2.45) is 11.1 Å². The first-order valence-electron chi connectivity index (χ1n) is 8.60. The van der Waals surface area contributed by atoms with Crippen molar-refractivity contribution >= 4 is 5.69 Å². The lowest BCUT2D eigenvalue weighted by Crippen LogP contribution is -2.55. The van der Waals surface area contributed by atoms with Crippen LogP contribution in [0.25, 0.3) is 0 Å². The molecule has 116 valence electrons. The number of hydrogen-bond acceptors (Lipinski definition) is 2. The van der Waals surface area contributed by atoms with E-state index < -0.39 is 0 Å². The molecule has 0 aliphatic heterocycles.